The smallest absolute Gasteiger partial charge is 0.319 e. The number of anilines is 3. The van der Waals surface area contributed by atoms with Crippen molar-refractivity contribution < 1.29 is 14.0 Å². The first-order valence-electron chi connectivity index (χ1n) is 12.9. The van der Waals surface area contributed by atoms with Gasteiger partial charge in [0.1, 0.15) is 5.82 Å². The average molecular weight is 537 g/mol. The molecule has 10 heteroatoms. The topological polar surface area (TPSA) is 110 Å². The predicted octanol–water partition coefficient (Wildman–Crippen LogP) is 5.37. The van der Waals surface area contributed by atoms with Crippen molar-refractivity contribution in [3.8, 4) is 11.3 Å². The Morgan fingerprint density at radius 2 is 1.87 bits per heavy atom. The highest BCUT2D eigenvalue weighted by molar-refractivity contribution is 6.74. The SMILES string of the molecule is COC(=O)CNCCCNc1ccc(-c2ccnc(Nc3cccc(CO[Si](C)(C)C(C)(C)C)c3)n2)cn1. The minimum atomic E-state index is -1.82. The van der Waals surface area contributed by atoms with E-state index in [2.05, 4.69) is 81.6 Å². The van der Waals surface area contributed by atoms with E-state index in [9.17, 15) is 4.79 Å². The molecular weight excluding hydrogens is 496 g/mol. The molecule has 0 saturated heterocycles. The quantitative estimate of drug-likeness (QED) is 0.151. The number of ether oxygens (including phenoxy) is 1. The summed E-state index contributed by atoms with van der Waals surface area (Å²) in [7, 11) is -0.440. The minimum absolute atomic E-state index is 0.171. The molecule has 3 rings (SSSR count). The lowest BCUT2D eigenvalue weighted by Gasteiger charge is -2.36. The number of pyridine rings is 1. The zero-order valence-corrected chi connectivity index (χ0v) is 24.3. The summed E-state index contributed by atoms with van der Waals surface area (Å²) in [5.41, 5.74) is 3.71. The van der Waals surface area contributed by atoms with Crippen molar-refractivity contribution in [3.05, 3.63) is 60.4 Å². The number of nitrogens with zero attached hydrogens (tertiary/aromatic N) is 3. The van der Waals surface area contributed by atoms with Gasteiger partial charge in [0.25, 0.3) is 0 Å². The van der Waals surface area contributed by atoms with E-state index in [0.717, 1.165) is 41.3 Å². The lowest BCUT2D eigenvalue weighted by molar-refractivity contribution is -0.139. The van der Waals surface area contributed by atoms with Crippen LogP contribution in [-0.4, -0.2) is 56.0 Å². The molecule has 1 aromatic carbocycles. The average Bonchev–Trinajstić information content (AvgIpc) is 2.89. The number of carbonyl (C=O) groups excluding carboxylic acids is 1. The second-order valence-electron chi connectivity index (χ2n) is 10.6. The lowest BCUT2D eigenvalue weighted by Crippen LogP contribution is -2.40. The Hall–Kier alpha value is -3.34. The highest BCUT2D eigenvalue weighted by atomic mass is 28.4. The van der Waals surface area contributed by atoms with Gasteiger partial charge in [-0.3, -0.25) is 4.79 Å². The van der Waals surface area contributed by atoms with Crippen molar-refractivity contribution in [2.24, 2.45) is 0 Å². The minimum Gasteiger partial charge on any atom is -0.468 e. The van der Waals surface area contributed by atoms with Gasteiger partial charge >= 0.3 is 5.97 Å². The molecule has 0 saturated carbocycles. The first kappa shape index (κ1) is 29.2. The molecule has 0 bridgehead atoms. The molecule has 0 aliphatic heterocycles. The highest BCUT2D eigenvalue weighted by Crippen LogP contribution is 2.37. The van der Waals surface area contributed by atoms with Crippen molar-refractivity contribution >= 4 is 31.7 Å². The fourth-order valence-electron chi connectivity index (χ4n) is 3.27. The molecule has 0 amide bonds. The van der Waals surface area contributed by atoms with Crippen LogP contribution < -0.4 is 16.0 Å². The summed E-state index contributed by atoms with van der Waals surface area (Å²) in [5, 5.41) is 9.80. The normalized spacial score (nSPS) is 11.7. The third kappa shape index (κ3) is 8.90. The first-order chi connectivity index (χ1) is 18.1. The van der Waals surface area contributed by atoms with Gasteiger partial charge in [0, 0.05) is 30.2 Å². The van der Waals surface area contributed by atoms with Crippen LogP contribution in [0.15, 0.2) is 54.9 Å². The third-order valence-corrected chi connectivity index (χ3v) is 11.1. The molecule has 3 N–H and O–H groups in total. The molecule has 0 radical (unpaired) electrons. The van der Waals surface area contributed by atoms with Crippen LogP contribution in [0, 0.1) is 0 Å². The standard InChI is InChI=1S/C28H40N6O3Si/c1-28(2,3)38(5,6)37-20-21-9-7-10-23(17-21)33-27-31-16-13-24(34-27)22-11-12-25(32-18-22)30-15-8-14-29-19-26(35)36-4/h7,9-13,16-18,29H,8,14-15,19-20H2,1-6H3,(H,30,32)(H,31,33,34). The maximum Gasteiger partial charge on any atom is 0.319 e. The summed E-state index contributed by atoms with van der Waals surface area (Å²) in [6.45, 7) is 13.5. The summed E-state index contributed by atoms with van der Waals surface area (Å²) in [6.07, 6.45) is 4.39. The Kier molecular flexibility index (Phi) is 10.3. The molecule has 0 fully saturated rings. The predicted molar refractivity (Wildman–Crippen MR) is 155 cm³/mol. The van der Waals surface area contributed by atoms with Gasteiger partial charge in [-0.25, -0.2) is 15.0 Å². The molecule has 0 atom stereocenters. The maximum atomic E-state index is 11.1. The van der Waals surface area contributed by atoms with Gasteiger partial charge < -0.3 is 25.1 Å². The number of esters is 1. The van der Waals surface area contributed by atoms with Crippen LogP contribution in [0.4, 0.5) is 17.5 Å². The second kappa shape index (κ2) is 13.5. The third-order valence-electron chi connectivity index (χ3n) is 6.64. The summed E-state index contributed by atoms with van der Waals surface area (Å²) in [4.78, 5) is 24.7. The van der Waals surface area contributed by atoms with Gasteiger partial charge in [0.2, 0.25) is 5.95 Å². The monoisotopic (exact) mass is 536 g/mol. The molecule has 3 aromatic rings. The Morgan fingerprint density at radius 1 is 1.05 bits per heavy atom. The van der Waals surface area contributed by atoms with Crippen LogP contribution in [0.5, 0.6) is 0 Å². The van der Waals surface area contributed by atoms with Crippen LogP contribution in [0.2, 0.25) is 18.1 Å². The van der Waals surface area contributed by atoms with Gasteiger partial charge in [-0.2, -0.15) is 0 Å². The van der Waals surface area contributed by atoms with Crippen LogP contribution in [-0.2, 0) is 20.6 Å². The van der Waals surface area contributed by atoms with Gasteiger partial charge in [-0.1, -0.05) is 32.9 Å². The van der Waals surface area contributed by atoms with E-state index >= 15 is 0 Å². The fourth-order valence-corrected chi connectivity index (χ4v) is 4.23. The molecule has 2 aromatic heterocycles. The van der Waals surface area contributed by atoms with Crippen LogP contribution >= 0.6 is 0 Å². The summed E-state index contributed by atoms with van der Waals surface area (Å²) < 4.78 is 11.0. The van der Waals surface area contributed by atoms with Crippen molar-refractivity contribution in [1.82, 2.24) is 20.3 Å². The number of methoxy groups -OCH3 is 1. The second-order valence-corrected chi connectivity index (χ2v) is 15.4. The lowest BCUT2D eigenvalue weighted by atomic mass is 10.2. The van der Waals surface area contributed by atoms with Gasteiger partial charge in [-0.15, -0.1) is 0 Å². The molecule has 0 unspecified atom stereocenters. The van der Waals surface area contributed by atoms with Crippen molar-refractivity contribution in [2.45, 2.75) is 51.9 Å². The van der Waals surface area contributed by atoms with E-state index in [1.54, 1.807) is 12.4 Å². The summed E-state index contributed by atoms with van der Waals surface area (Å²) in [6, 6.07) is 14.0. The fraction of sp³-hybridized carbons (Fsp3) is 0.429. The first-order valence-corrected chi connectivity index (χ1v) is 15.8. The van der Waals surface area contributed by atoms with Gasteiger partial charge in [0.15, 0.2) is 8.32 Å². The molecule has 204 valence electrons. The Morgan fingerprint density at radius 3 is 2.58 bits per heavy atom. The molecule has 0 aliphatic rings. The van der Waals surface area contributed by atoms with Crippen molar-refractivity contribution in [2.75, 3.05) is 37.4 Å². The number of hydrogen-bond acceptors (Lipinski definition) is 9. The summed E-state index contributed by atoms with van der Waals surface area (Å²) >= 11 is 0. The molecule has 9 nitrogen and oxygen atoms in total. The van der Waals surface area contributed by atoms with Crippen molar-refractivity contribution in [3.63, 3.8) is 0 Å². The van der Waals surface area contributed by atoms with Crippen LogP contribution in [0.25, 0.3) is 11.3 Å². The molecule has 38 heavy (non-hydrogen) atoms. The number of hydrogen-bond donors (Lipinski definition) is 3. The van der Waals surface area contributed by atoms with E-state index in [4.69, 9.17) is 4.43 Å². The van der Waals surface area contributed by atoms with Gasteiger partial charge in [-0.05, 0) is 67.0 Å². The number of benzene rings is 1. The maximum absolute atomic E-state index is 11.1. The number of rotatable bonds is 13. The Labute approximate surface area is 226 Å². The van der Waals surface area contributed by atoms with E-state index in [1.807, 2.05) is 30.3 Å². The molecular formula is C28H40N6O3Si. The zero-order valence-electron chi connectivity index (χ0n) is 23.3. The van der Waals surface area contributed by atoms with E-state index < -0.39 is 8.32 Å². The molecule has 0 aliphatic carbocycles. The Balaban J connectivity index is 1.54. The Bertz CT molecular complexity index is 1180. The zero-order chi connectivity index (χ0) is 27.6. The highest BCUT2D eigenvalue weighted by Gasteiger charge is 2.37. The largest absolute Gasteiger partial charge is 0.468 e. The van der Waals surface area contributed by atoms with E-state index in [0.29, 0.717) is 19.1 Å². The van der Waals surface area contributed by atoms with Gasteiger partial charge in [0.05, 0.1) is 26.0 Å². The van der Waals surface area contributed by atoms with E-state index in [-0.39, 0.29) is 17.6 Å². The van der Waals surface area contributed by atoms with E-state index in [1.165, 1.54) is 7.11 Å². The number of nitrogens with one attached hydrogen (secondary N) is 3. The van der Waals surface area contributed by atoms with Crippen LogP contribution in [0.3, 0.4) is 0 Å². The van der Waals surface area contributed by atoms with Crippen LogP contribution in [0.1, 0.15) is 32.8 Å². The molecule has 2 heterocycles. The number of carbonyl (C=O) groups is 1. The number of aromatic nitrogens is 3. The molecule has 0 spiro atoms. The van der Waals surface area contributed by atoms with Crippen molar-refractivity contribution in [1.29, 1.82) is 0 Å². The summed E-state index contributed by atoms with van der Waals surface area (Å²) in [5.74, 6) is 1.04.